The monoisotopic (exact) mass is 322 g/mol. The summed E-state index contributed by atoms with van der Waals surface area (Å²) < 4.78 is 32.2. The SMILES string of the molecule is Cc1noc(C)c1CCC(=O)N(C)C(C)c1cc(F)ccc1F. The smallest absolute Gasteiger partial charge is 0.223 e. The molecule has 0 radical (unpaired) electrons. The Bertz CT molecular complexity index is 693. The third-order valence-electron chi connectivity index (χ3n) is 4.15. The lowest BCUT2D eigenvalue weighted by molar-refractivity contribution is -0.131. The third kappa shape index (κ3) is 3.75. The summed E-state index contributed by atoms with van der Waals surface area (Å²) in [6.07, 6.45) is 0.753. The number of carbonyl (C=O) groups excluding carboxylic acids is 1. The zero-order valence-corrected chi connectivity index (χ0v) is 13.7. The summed E-state index contributed by atoms with van der Waals surface area (Å²) in [4.78, 5) is 13.8. The zero-order valence-electron chi connectivity index (χ0n) is 13.7. The number of rotatable bonds is 5. The van der Waals surface area contributed by atoms with Crippen LogP contribution in [0, 0.1) is 25.5 Å². The summed E-state index contributed by atoms with van der Waals surface area (Å²) in [6, 6.07) is 2.70. The van der Waals surface area contributed by atoms with E-state index in [0.717, 1.165) is 29.5 Å². The van der Waals surface area contributed by atoms with Gasteiger partial charge in [0.25, 0.3) is 0 Å². The maximum Gasteiger partial charge on any atom is 0.223 e. The summed E-state index contributed by atoms with van der Waals surface area (Å²) in [5, 5.41) is 3.85. The van der Waals surface area contributed by atoms with Crippen LogP contribution in [0.2, 0.25) is 0 Å². The van der Waals surface area contributed by atoms with E-state index in [1.54, 1.807) is 20.9 Å². The first-order valence-electron chi connectivity index (χ1n) is 7.43. The summed E-state index contributed by atoms with van der Waals surface area (Å²) in [6.45, 7) is 5.30. The van der Waals surface area contributed by atoms with Crippen LogP contribution >= 0.6 is 0 Å². The van der Waals surface area contributed by atoms with Crippen molar-refractivity contribution in [2.24, 2.45) is 0 Å². The number of aromatic nitrogens is 1. The molecule has 0 saturated carbocycles. The normalized spacial score (nSPS) is 12.3. The van der Waals surface area contributed by atoms with Crippen molar-refractivity contribution in [2.45, 2.75) is 39.7 Å². The van der Waals surface area contributed by atoms with Gasteiger partial charge in [0.05, 0.1) is 11.7 Å². The van der Waals surface area contributed by atoms with Gasteiger partial charge in [0, 0.05) is 24.6 Å². The van der Waals surface area contributed by atoms with Crippen LogP contribution in [0.25, 0.3) is 0 Å². The first-order valence-corrected chi connectivity index (χ1v) is 7.43. The predicted molar refractivity (Wildman–Crippen MR) is 81.8 cm³/mol. The van der Waals surface area contributed by atoms with Crippen molar-refractivity contribution in [1.29, 1.82) is 0 Å². The Balaban J connectivity index is 2.05. The first-order chi connectivity index (χ1) is 10.8. The van der Waals surface area contributed by atoms with E-state index in [9.17, 15) is 13.6 Å². The fraction of sp³-hybridized carbons (Fsp3) is 0.412. The van der Waals surface area contributed by atoms with Crippen LogP contribution in [-0.2, 0) is 11.2 Å². The van der Waals surface area contributed by atoms with E-state index in [1.165, 1.54) is 4.90 Å². The predicted octanol–water partition coefficient (Wildman–Crippen LogP) is 3.72. The van der Waals surface area contributed by atoms with Crippen LogP contribution in [0.1, 0.15) is 42.0 Å². The Morgan fingerprint density at radius 3 is 2.65 bits per heavy atom. The van der Waals surface area contributed by atoms with Gasteiger partial charge in [-0.05, 0) is 45.4 Å². The third-order valence-corrected chi connectivity index (χ3v) is 4.15. The summed E-state index contributed by atoms with van der Waals surface area (Å²) in [5.74, 6) is -0.502. The van der Waals surface area contributed by atoms with Crippen LogP contribution in [0.15, 0.2) is 22.7 Å². The lowest BCUT2D eigenvalue weighted by Gasteiger charge is -2.25. The molecule has 1 heterocycles. The van der Waals surface area contributed by atoms with Crippen LogP contribution in [-0.4, -0.2) is 23.0 Å². The van der Waals surface area contributed by atoms with Crippen molar-refractivity contribution >= 4 is 5.91 Å². The molecule has 1 amide bonds. The molecule has 1 aromatic carbocycles. The van der Waals surface area contributed by atoms with Crippen LogP contribution < -0.4 is 0 Å². The molecule has 23 heavy (non-hydrogen) atoms. The Morgan fingerprint density at radius 2 is 2.04 bits per heavy atom. The molecule has 1 unspecified atom stereocenters. The summed E-state index contributed by atoms with van der Waals surface area (Å²) in [7, 11) is 1.59. The molecule has 0 aliphatic rings. The molecule has 2 rings (SSSR count). The van der Waals surface area contributed by atoms with Gasteiger partial charge in [-0.1, -0.05) is 5.16 Å². The number of hydrogen-bond donors (Lipinski definition) is 0. The molecule has 0 N–H and O–H groups in total. The van der Waals surface area contributed by atoms with Gasteiger partial charge in [-0.2, -0.15) is 0 Å². The summed E-state index contributed by atoms with van der Waals surface area (Å²) >= 11 is 0. The van der Waals surface area contributed by atoms with Gasteiger partial charge < -0.3 is 9.42 Å². The average molecular weight is 322 g/mol. The van der Waals surface area contributed by atoms with Crippen molar-refractivity contribution in [1.82, 2.24) is 10.1 Å². The van der Waals surface area contributed by atoms with Gasteiger partial charge in [-0.25, -0.2) is 8.78 Å². The highest BCUT2D eigenvalue weighted by Crippen LogP contribution is 2.24. The number of carbonyl (C=O) groups is 1. The average Bonchev–Trinajstić information content (AvgIpc) is 2.84. The molecule has 0 fully saturated rings. The number of halogens is 2. The van der Waals surface area contributed by atoms with Gasteiger partial charge in [0.2, 0.25) is 5.91 Å². The van der Waals surface area contributed by atoms with E-state index in [-0.39, 0.29) is 17.9 Å². The number of hydrogen-bond acceptors (Lipinski definition) is 3. The van der Waals surface area contributed by atoms with Crippen molar-refractivity contribution in [3.05, 3.63) is 52.4 Å². The van der Waals surface area contributed by atoms with Crippen LogP contribution in [0.5, 0.6) is 0 Å². The lowest BCUT2D eigenvalue weighted by Crippen LogP contribution is -2.30. The number of amides is 1. The Morgan fingerprint density at radius 1 is 1.35 bits per heavy atom. The molecule has 2 aromatic rings. The molecule has 0 bridgehead atoms. The Hall–Kier alpha value is -2.24. The minimum absolute atomic E-state index is 0.152. The second-order valence-electron chi connectivity index (χ2n) is 5.65. The molecule has 1 aromatic heterocycles. The van der Waals surface area contributed by atoms with Gasteiger partial charge in [0.15, 0.2) is 0 Å². The maximum atomic E-state index is 13.8. The molecule has 4 nitrogen and oxygen atoms in total. The Labute approximate surface area is 134 Å². The van der Waals surface area contributed by atoms with Crippen molar-refractivity contribution in [3.8, 4) is 0 Å². The van der Waals surface area contributed by atoms with Gasteiger partial charge in [-0.15, -0.1) is 0 Å². The molecular formula is C17H20F2N2O2. The van der Waals surface area contributed by atoms with Gasteiger partial charge in [-0.3, -0.25) is 4.79 Å². The van der Waals surface area contributed by atoms with Crippen molar-refractivity contribution in [3.63, 3.8) is 0 Å². The summed E-state index contributed by atoms with van der Waals surface area (Å²) in [5.41, 5.74) is 1.84. The van der Waals surface area contributed by atoms with Crippen molar-refractivity contribution in [2.75, 3.05) is 7.05 Å². The minimum Gasteiger partial charge on any atom is -0.361 e. The van der Waals surface area contributed by atoms with Crippen LogP contribution in [0.3, 0.4) is 0 Å². The van der Waals surface area contributed by atoms with E-state index in [1.807, 2.05) is 6.92 Å². The van der Waals surface area contributed by atoms with E-state index >= 15 is 0 Å². The largest absolute Gasteiger partial charge is 0.361 e. The molecular weight excluding hydrogens is 302 g/mol. The van der Waals surface area contributed by atoms with E-state index in [4.69, 9.17) is 4.52 Å². The fourth-order valence-corrected chi connectivity index (χ4v) is 2.53. The minimum atomic E-state index is -0.553. The highest BCUT2D eigenvalue weighted by atomic mass is 19.1. The molecule has 6 heteroatoms. The number of nitrogens with zero attached hydrogens (tertiary/aromatic N) is 2. The molecule has 0 saturated heterocycles. The number of benzene rings is 1. The molecule has 0 spiro atoms. The number of aryl methyl sites for hydroxylation is 2. The Kier molecular flexibility index (Phi) is 5.13. The lowest BCUT2D eigenvalue weighted by atomic mass is 10.0. The molecule has 0 aliphatic carbocycles. The van der Waals surface area contributed by atoms with Crippen molar-refractivity contribution < 1.29 is 18.1 Å². The van der Waals surface area contributed by atoms with Gasteiger partial charge >= 0.3 is 0 Å². The highest BCUT2D eigenvalue weighted by Gasteiger charge is 2.21. The maximum absolute atomic E-state index is 13.8. The standard InChI is InChI=1S/C17H20F2N2O2/c1-10-14(12(3)23-20-10)6-8-17(22)21(4)11(2)15-9-13(18)5-7-16(15)19/h5,7,9,11H,6,8H2,1-4H3. The quantitative estimate of drug-likeness (QED) is 0.843. The zero-order chi connectivity index (χ0) is 17.1. The highest BCUT2D eigenvalue weighted by molar-refractivity contribution is 5.76. The second kappa shape index (κ2) is 6.89. The van der Waals surface area contributed by atoms with E-state index in [2.05, 4.69) is 5.16 Å². The molecule has 0 aliphatic heterocycles. The van der Waals surface area contributed by atoms with E-state index < -0.39 is 17.7 Å². The fourth-order valence-electron chi connectivity index (χ4n) is 2.53. The van der Waals surface area contributed by atoms with Crippen LogP contribution in [0.4, 0.5) is 8.78 Å². The topological polar surface area (TPSA) is 46.3 Å². The molecule has 124 valence electrons. The van der Waals surface area contributed by atoms with E-state index in [0.29, 0.717) is 12.2 Å². The molecule has 1 atom stereocenters. The second-order valence-corrected chi connectivity index (χ2v) is 5.65. The van der Waals surface area contributed by atoms with Gasteiger partial charge in [0.1, 0.15) is 17.4 Å². The first kappa shape index (κ1) is 17.1.